The summed E-state index contributed by atoms with van der Waals surface area (Å²) < 4.78 is 0. The van der Waals surface area contributed by atoms with Crippen LogP contribution in [0.4, 0.5) is 0 Å². The van der Waals surface area contributed by atoms with E-state index in [1.54, 1.807) is 0 Å². The molecule has 0 radical (unpaired) electrons. The maximum absolute atomic E-state index is 12.2. The van der Waals surface area contributed by atoms with Crippen molar-refractivity contribution in [3.8, 4) is 11.1 Å². The van der Waals surface area contributed by atoms with Crippen LogP contribution in [0.5, 0.6) is 0 Å². The van der Waals surface area contributed by atoms with E-state index in [-0.39, 0.29) is 11.9 Å². The molecule has 134 valence electrons. The summed E-state index contributed by atoms with van der Waals surface area (Å²) >= 11 is 0. The minimum Gasteiger partial charge on any atom is -0.309 e. The number of β-lactam (4-membered cyclic amide) rings is 1. The molecule has 3 aromatic rings. The molecule has 0 unspecified atom stereocenters. The van der Waals surface area contributed by atoms with Crippen LogP contribution in [0.1, 0.15) is 24.0 Å². The van der Waals surface area contributed by atoms with Gasteiger partial charge in [-0.2, -0.15) is 0 Å². The maximum Gasteiger partial charge on any atom is 0.229 e. The van der Waals surface area contributed by atoms with Crippen molar-refractivity contribution >= 4 is 11.6 Å². The van der Waals surface area contributed by atoms with Crippen LogP contribution in [0.2, 0.25) is 0 Å². The van der Waals surface area contributed by atoms with Crippen LogP contribution >= 0.6 is 0 Å². The van der Waals surface area contributed by atoms with E-state index in [0.29, 0.717) is 6.42 Å². The Hall–Kier alpha value is -3.13. The van der Waals surface area contributed by atoms with Gasteiger partial charge < -0.3 is 4.90 Å². The van der Waals surface area contributed by atoms with E-state index in [4.69, 9.17) is 0 Å². The van der Waals surface area contributed by atoms with Gasteiger partial charge in [0.25, 0.3) is 0 Å². The second-order valence-electron chi connectivity index (χ2n) is 7.04. The molecule has 1 atom stereocenters. The van der Waals surface area contributed by atoms with Crippen molar-refractivity contribution in [1.82, 2.24) is 4.90 Å². The number of aryl methyl sites for hydroxylation is 1. The molecular formula is C25H23NO. The fraction of sp³-hybridized carbons (Fsp3) is 0.160. The van der Waals surface area contributed by atoms with Gasteiger partial charge in [0, 0.05) is 18.2 Å². The van der Waals surface area contributed by atoms with E-state index in [2.05, 4.69) is 67.2 Å². The van der Waals surface area contributed by atoms with Crippen molar-refractivity contribution in [2.24, 2.45) is 0 Å². The van der Waals surface area contributed by atoms with Gasteiger partial charge in [-0.05, 0) is 35.1 Å². The summed E-state index contributed by atoms with van der Waals surface area (Å²) in [5.41, 5.74) is 5.49. The third kappa shape index (κ3) is 3.70. The van der Waals surface area contributed by atoms with E-state index in [1.807, 2.05) is 29.2 Å². The Morgan fingerprint density at radius 3 is 2.07 bits per heavy atom. The summed E-state index contributed by atoms with van der Waals surface area (Å²) in [7, 11) is 0. The van der Waals surface area contributed by atoms with Crippen LogP contribution < -0.4 is 0 Å². The Bertz CT molecular complexity index is 929. The monoisotopic (exact) mass is 353 g/mol. The molecule has 0 aromatic heterocycles. The molecule has 2 nitrogen and oxygen atoms in total. The van der Waals surface area contributed by atoms with Crippen molar-refractivity contribution in [3.63, 3.8) is 0 Å². The number of nitrogens with zero attached hydrogens (tertiary/aromatic N) is 1. The van der Waals surface area contributed by atoms with Crippen molar-refractivity contribution in [3.05, 3.63) is 103 Å². The van der Waals surface area contributed by atoms with Crippen LogP contribution in [0.25, 0.3) is 16.8 Å². The van der Waals surface area contributed by atoms with Gasteiger partial charge in [-0.25, -0.2) is 0 Å². The number of rotatable bonds is 6. The quantitative estimate of drug-likeness (QED) is 0.531. The molecule has 1 fully saturated rings. The molecule has 2 heteroatoms. The number of hydrogen-bond donors (Lipinski definition) is 0. The molecular weight excluding hydrogens is 330 g/mol. The number of carbonyl (C=O) groups excluding carboxylic acids is 1. The molecule has 4 rings (SSSR count). The molecule has 0 spiro atoms. The highest BCUT2D eigenvalue weighted by molar-refractivity contribution is 5.92. The lowest BCUT2D eigenvalue weighted by atomic mass is 9.92. The number of hydrogen-bond acceptors (Lipinski definition) is 1. The largest absolute Gasteiger partial charge is 0.309 e. The van der Waals surface area contributed by atoms with Crippen molar-refractivity contribution < 1.29 is 4.79 Å². The van der Waals surface area contributed by atoms with Crippen LogP contribution in [0.3, 0.4) is 0 Å². The molecule has 0 N–H and O–H groups in total. The van der Waals surface area contributed by atoms with E-state index in [9.17, 15) is 4.79 Å². The van der Waals surface area contributed by atoms with Crippen molar-refractivity contribution in [2.45, 2.75) is 25.3 Å². The van der Waals surface area contributed by atoms with E-state index < -0.39 is 0 Å². The molecule has 27 heavy (non-hydrogen) atoms. The topological polar surface area (TPSA) is 20.3 Å². The standard InChI is InChI=1S/C25H23NO/c1-19(21-13-15-23(16-14-21)22-10-6-3-7-11-22)26-24(18-25(26)27)17-12-20-8-4-2-5-9-20/h2-11,13-16,24H,1,12,17-18H2/t24-/m1/s1. The first kappa shape index (κ1) is 17.3. The van der Waals surface area contributed by atoms with Crippen molar-refractivity contribution in [1.29, 1.82) is 0 Å². The molecule has 1 saturated heterocycles. The highest BCUT2D eigenvalue weighted by Crippen LogP contribution is 2.33. The Balaban J connectivity index is 1.44. The Kier molecular flexibility index (Phi) is 4.88. The van der Waals surface area contributed by atoms with E-state index in [1.165, 1.54) is 16.7 Å². The molecule has 0 aliphatic carbocycles. The van der Waals surface area contributed by atoms with E-state index in [0.717, 1.165) is 24.1 Å². The highest BCUT2D eigenvalue weighted by Gasteiger charge is 2.37. The minimum atomic E-state index is 0.171. The average molecular weight is 353 g/mol. The predicted molar refractivity (Wildman–Crippen MR) is 111 cm³/mol. The third-order valence-electron chi connectivity index (χ3n) is 5.27. The van der Waals surface area contributed by atoms with Gasteiger partial charge in [0.1, 0.15) is 0 Å². The first-order chi connectivity index (χ1) is 13.2. The number of amides is 1. The van der Waals surface area contributed by atoms with Crippen LogP contribution in [0, 0.1) is 0 Å². The average Bonchev–Trinajstić information content (AvgIpc) is 2.72. The first-order valence-electron chi connectivity index (χ1n) is 9.43. The molecule has 1 aliphatic rings. The maximum atomic E-state index is 12.2. The summed E-state index contributed by atoms with van der Waals surface area (Å²) in [4.78, 5) is 14.1. The van der Waals surface area contributed by atoms with Gasteiger partial charge in [-0.1, -0.05) is 91.5 Å². The molecule has 1 heterocycles. The third-order valence-corrected chi connectivity index (χ3v) is 5.27. The summed E-state index contributed by atoms with van der Waals surface area (Å²) in [6.45, 7) is 4.21. The Morgan fingerprint density at radius 2 is 1.44 bits per heavy atom. The van der Waals surface area contributed by atoms with Gasteiger partial charge >= 0.3 is 0 Å². The lowest BCUT2D eigenvalue weighted by Crippen LogP contribution is -2.51. The van der Waals surface area contributed by atoms with Gasteiger partial charge in [0.2, 0.25) is 5.91 Å². The zero-order valence-electron chi connectivity index (χ0n) is 15.3. The summed E-state index contributed by atoms with van der Waals surface area (Å²) in [5, 5.41) is 0. The molecule has 3 aromatic carbocycles. The van der Waals surface area contributed by atoms with Crippen molar-refractivity contribution in [2.75, 3.05) is 0 Å². The predicted octanol–water partition coefficient (Wildman–Crippen LogP) is 5.56. The Morgan fingerprint density at radius 1 is 0.852 bits per heavy atom. The van der Waals surface area contributed by atoms with Gasteiger partial charge in [0.05, 0.1) is 0 Å². The summed E-state index contributed by atoms with van der Waals surface area (Å²) in [6, 6.07) is 29.3. The SMILES string of the molecule is C=C(c1ccc(-c2ccccc2)cc1)N1C(=O)C[C@H]1CCc1ccccc1. The molecule has 1 amide bonds. The zero-order valence-corrected chi connectivity index (χ0v) is 15.3. The molecule has 0 bridgehead atoms. The van der Waals surface area contributed by atoms with Crippen LogP contribution in [-0.2, 0) is 11.2 Å². The minimum absolute atomic E-state index is 0.171. The zero-order chi connectivity index (χ0) is 18.6. The summed E-state index contributed by atoms with van der Waals surface area (Å²) in [5.74, 6) is 0.171. The fourth-order valence-corrected chi connectivity index (χ4v) is 3.69. The smallest absolute Gasteiger partial charge is 0.229 e. The highest BCUT2D eigenvalue weighted by atomic mass is 16.2. The lowest BCUT2D eigenvalue weighted by molar-refractivity contribution is -0.140. The van der Waals surface area contributed by atoms with E-state index >= 15 is 0 Å². The fourth-order valence-electron chi connectivity index (χ4n) is 3.69. The molecule has 1 aliphatic heterocycles. The number of likely N-dealkylation sites (tertiary alicyclic amines) is 1. The normalized spacial score (nSPS) is 16.1. The first-order valence-corrected chi connectivity index (χ1v) is 9.43. The second kappa shape index (κ2) is 7.63. The lowest BCUT2D eigenvalue weighted by Gasteiger charge is -2.42. The number of carbonyl (C=O) groups is 1. The number of benzene rings is 3. The van der Waals surface area contributed by atoms with Gasteiger partial charge in [0.15, 0.2) is 0 Å². The second-order valence-corrected chi connectivity index (χ2v) is 7.04. The molecule has 0 saturated carbocycles. The van der Waals surface area contributed by atoms with Crippen LogP contribution in [-0.4, -0.2) is 16.8 Å². The van der Waals surface area contributed by atoms with Gasteiger partial charge in [-0.3, -0.25) is 4.79 Å². The Labute approximate surface area is 160 Å². The van der Waals surface area contributed by atoms with Crippen LogP contribution in [0.15, 0.2) is 91.5 Å². The van der Waals surface area contributed by atoms with Gasteiger partial charge in [-0.15, -0.1) is 0 Å². The summed E-state index contributed by atoms with van der Waals surface area (Å²) in [6.07, 6.45) is 2.57.